The van der Waals surface area contributed by atoms with Gasteiger partial charge in [-0.3, -0.25) is 4.98 Å². The number of nitrogens with zero attached hydrogens (tertiary/aromatic N) is 1. The molecule has 124 valence electrons. The minimum Gasteiger partial charge on any atom is -0.504 e. The molecule has 0 bridgehead atoms. The molecule has 0 amide bonds. The van der Waals surface area contributed by atoms with Crippen LogP contribution in [0.25, 0.3) is 10.9 Å². The number of methoxy groups -OCH3 is 3. The Morgan fingerprint density at radius 1 is 0.875 bits per heavy atom. The van der Waals surface area contributed by atoms with Crippen LogP contribution >= 0.6 is 0 Å². The second-order valence-electron chi connectivity index (χ2n) is 5.09. The molecule has 0 radical (unpaired) electrons. The van der Waals surface area contributed by atoms with Crippen LogP contribution in [0, 0.1) is 0 Å². The van der Waals surface area contributed by atoms with Gasteiger partial charge in [-0.25, -0.2) is 0 Å². The van der Waals surface area contributed by atoms with Crippen molar-refractivity contribution in [2.45, 2.75) is 0 Å². The first kappa shape index (κ1) is 15.7. The normalized spacial score (nSPS) is 10.5. The van der Waals surface area contributed by atoms with Gasteiger partial charge in [0.05, 0.1) is 26.8 Å². The molecule has 3 aromatic rings. The average Bonchev–Trinajstić information content (AvgIpc) is 2.61. The van der Waals surface area contributed by atoms with Crippen molar-refractivity contribution in [2.24, 2.45) is 0 Å². The predicted octanol–water partition coefficient (Wildman–Crippen LogP) is 3.71. The summed E-state index contributed by atoms with van der Waals surface area (Å²) in [4.78, 5) is 4.37. The Morgan fingerprint density at radius 3 is 2.25 bits per heavy atom. The molecule has 0 aliphatic rings. The lowest BCUT2D eigenvalue weighted by Gasteiger charge is -2.13. The van der Waals surface area contributed by atoms with Crippen molar-refractivity contribution in [1.29, 1.82) is 0 Å². The Labute approximate surface area is 139 Å². The Balaban J connectivity index is 2.04. The molecule has 2 N–H and O–H groups in total. The number of phenols is 1. The summed E-state index contributed by atoms with van der Waals surface area (Å²) in [6.45, 7) is 0. The summed E-state index contributed by atoms with van der Waals surface area (Å²) < 4.78 is 15.7. The number of fused-ring (bicyclic) bond motifs is 1. The third-order valence-electron chi connectivity index (χ3n) is 3.70. The number of hydrogen-bond acceptors (Lipinski definition) is 6. The number of aromatic hydroxyl groups is 1. The fourth-order valence-corrected chi connectivity index (χ4v) is 2.50. The van der Waals surface area contributed by atoms with Crippen LogP contribution in [0.3, 0.4) is 0 Å². The van der Waals surface area contributed by atoms with E-state index < -0.39 is 0 Å². The van der Waals surface area contributed by atoms with Crippen molar-refractivity contribution in [3.05, 3.63) is 42.6 Å². The standard InChI is InChI=1S/C18H18N2O4/c1-22-16-5-4-11(8-15(16)21)20-13-6-7-19-14-10-18(24-3)17(23-2)9-12(13)14/h4-10,21H,1-3H3,(H,19,20). The summed E-state index contributed by atoms with van der Waals surface area (Å²) in [5, 5.41) is 14.1. The quantitative estimate of drug-likeness (QED) is 0.744. The zero-order valence-electron chi connectivity index (χ0n) is 13.7. The topological polar surface area (TPSA) is 72.8 Å². The van der Waals surface area contributed by atoms with Crippen LogP contribution in [0.2, 0.25) is 0 Å². The van der Waals surface area contributed by atoms with Crippen LogP contribution in [0.15, 0.2) is 42.6 Å². The molecular formula is C18H18N2O4. The number of hydrogen-bond donors (Lipinski definition) is 2. The Bertz CT molecular complexity index is 880. The van der Waals surface area contributed by atoms with E-state index >= 15 is 0 Å². The molecule has 1 heterocycles. The van der Waals surface area contributed by atoms with Gasteiger partial charge in [-0.1, -0.05) is 0 Å². The first-order valence-electron chi connectivity index (χ1n) is 7.31. The van der Waals surface area contributed by atoms with E-state index in [2.05, 4.69) is 10.3 Å². The largest absolute Gasteiger partial charge is 0.504 e. The SMILES string of the molecule is COc1ccc(Nc2ccnc3cc(OC)c(OC)cc23)cc1O. The van der Waals surface area contributed by atoms with Gasteiger partial charge < -0.3 is 24.6 Å². The number of pyridine rings is 1. The lowest BCUT2D eigenvalue weighted by atomic mass is 10.1. The monoisotopic (exact) mass is 326 g/mol. The van der Waals surface area contributed by atoms with Gasteiger partial charge in [0.25, 0.3) is 0 Å². The molecule has 0 aliphatic heterocycles. The second kappa shape index (κ2) is 6.54. The third kappa shape index (κ3) is 2.86. The van der Waals surface area contributed by atoms with Crippen molar-refractivity contribution in [3.8, 4) is 23.0 Å². The highest BCUT2D eigenvalue weighted by molar-refractivity contribution is 5.95. The van der Waals surface area contributed by atoms with Gasteiger partial charge in [0.1, 0.15) is 0 Å². The number of benzene rings is 2. The van der Waals surface area contributed by atoms with Gasteiger partial charge in [-0.05, 0) is 24.3 Å². The van der Waals surface area contributed by atoms with Crippen LogP contribution in [0.1, 0.15) is 0 Å². The molecule has 6 heteroatoms. The minimum atomic E-state index is 0.0695. The highest BCUT2D eigenvalue weighted by Gasteiger charge is 2.10. The smallest absolute Gasteiger partial charge is 0.162 e. The first-order chi connectivity index (χ1) is 11.7. The van der Waals surface area contributed by atoms with Crippen molar-refractivity contribution >= 4 is 22.3 Å². The lowest BCUT2D eigenvalue weighted by molar-refractivity contribution is 0.356. The molecule has 6 nitrogen and oxygen atoms in total. The highest BCUT2D eigenvalue weighted by atomic mass is 16.5. The summed E-state index contributed by atoms with van der Waals surface area (Å²) in [6.07, 6.45) is 1.71. The minimum absolute atomic E-state index is 0.0695. The van der Waals surface area contributed by atoms with Gasteiger partial charge >= 0.3 is 0 Å². The number of nitrogens with one attached hydrogen (secondary N) is 1. The fourth-order valence-electron chi connectivity index (χ4n) is 2.50. The first-order valence-corrected chi connectivity index (χ1v) is 7.31. The molecule has 0 fully saturated rings. The average molecular weight is 326 g/mol. The number of anilines is 2. The maximum absolute atomic E-state index is 9.92. The van der Waals surface area contributed by atoms with Crippen molar-refractivity contribution in [3.63, 3.8) is 0 Å². The van der Waals surface area contributed by atoms with Crippen molar-refractivity contribution < 1.29 is 19.3 Å². The van der Waals surface area contributed by atoms with Gasteiger partial charge in [0, 0.05) is 35.1 Å². The predicted molar refractivity (Wildman–Crippen MR) is 92.8 cm³/mol. The van der Waals surface area contributed by atoms with Gasteiger partial charge in [0.15, 0.2) is 23.0 Å². The molecule has 0 saturated carbocycles. The Morgan fingerprint density at radius 2 is 1.58 bits per heavy atom. The zero-order valence-corrected chi connectivity index (χ0v) is 13.7. The number of aromatic nitrogens is 1. The number of phenolic OH excluding ortho intramolecular Hbond substituents is 1. The number of ether oxygens (including phenoxy) is 3. The van der Waals surface area contributed by atoms with Crippen LogP contribution < -0.4 is 19.5 Å². The molecular weight excluding hydrogens is 308 g/mol. The maximum atomic E-state index is 9.92. The molecule has 2 aromatic carbocycles. The summed E-state index contributed by atoms with van der Waals surface area (Å²) in [7, 11) is 4.69. The van der Waals surface area contributed by atoms with Gasteiger partial charge in [-0.15, -0.1) is 0 Å². The van der Waals surface area contributed by atoms with Gasteiger partial charge in [-0.2, -0.15) is 0 Å². The Hall–Kier alpha value is -3.15. The van der Waals surface area contributed by atoms with Crippen molar-refractivity contribution in [2.75, 3.05) is 26.6 Å². The summed E-state index contributed by atoms with van der Waals surface area (Å²) >= 11 is 0. The summed E-state index contributed by atoms with van der Waals surface area (Å²) in [5.41, 5.74) is 2.34. The van der Waals surface area contributed by atoms with E-state index in [9.17, 15) is 5.11 Å². The Kier molecular flexibility index (Phi) is 4.29. The summed E-state index contributed by atoms with van der Waals surface area (Å²) in [5.74, 6) is 1.74. The van der Waals surface area contributed by atoms with E-state index in [4.69, 9.17) is 14.2 Å². The molecule has 0 spiro atoms. The highest BCUT2D eigenvalue weighted by Crippen LogP contribution is 2.36. The molecule has 0 unspecified atom stereocenters. The van der Waals surface area contributed by atoms with E-state index in [0.717, 1.165) is 22.3 Å². The molecule has 1 aromatic heterocycles. The van der Waals surface area contributed by atoms with Crippen LogP contribution in [0.4, 0.5) is 11.4 Å². The van der Waals surface area contributed by atoms with Crippen molar-refractivity contribution in [1.82, 2.24) is 4.98 Å². The van der Waals surface area contributed by atoms with E-state index in [1.165, 1.54) is 7.11 Å². The van der Waals surface area contributed by atoms with E-state index in [1.807, 2.05) is 24.3 Å². The van der Waals surface area contributed by atoms with E-state index in [-0.39, 0.29) is 5.75 Å². The second-order valence-corrected chi connectivity index (χ2v) is 5.09. The van der Waals surface area contributed by atoms with E-state index in [0.29, 0.717) is 17.2 Å². The molecule has 24 heavy (non-hydrogen) atoms. The third-order valence-corrected chi connectivity index (χ3v) is 3.70. The van der Waals surface area contributed by atoms with Crippen LogP contribution in [-0.4, -0.2) is 31.4 Å². The summed E-state index contributed by atoms with van der Waals surface area (Å²) in [6, 6.07) is 10.7. The van der Waals surface area contributed by atoms with Gasteiger partial charge in [0.2, 0.25) is 0 Å². The number of rotatable bonds is 5. The van der Waals surface area contributed by atoms with Crippen LogP contribution in [-0.2, 0) is 0 Å². The fraction of sp³-hybridized carbons (Fsp3) is 0.167. The van der Waals surface area contributed by atoms with Crippen LogP contribution in [0.5, 0.6) is 23.0 Å². The molecule has 0 aliphatic carbocycles. The molecule has 3 rings (SSSR count). The van der Waals surface area contributed by atoms with E-state index in [1.54, 1.807) is 32.5 Å². The molecule has 0 atom stereocenters. The zero-order chi connectivity index (χ0) is 17.1. The lowest BCUT2D eigenvalue weighted by Crippen LogP contribution is -1.96. The maximum Gasteiger partial charge on any atom is 0.162 e. The molecule has 0 saturated heterocycles.